The maximum Gasteiger partial charge on any atom is 0.269 e. The monoisotopic (exact) mass is 371 g/mol. The summed E-state index contributed by atoms with van der Waals surface area (Å²) in [4.78, 5) is 45.2. The Kier molecular flexibility index (Phi) is 6.55. The molecule has 0 unspecified atom stereocenters. The Morgan fingerprint density at radius 1 is 1.00 bits per heavy atom. The number of hydrogen-bond acceptors (Lipinski definition) is 7. The van der Waals surface area contributed by atoms with Crippen molar-refractivity contribution in [2.45, 2.75) is 12.5 Å². The second-order valence-corrected chi connectivity index (χ2v) is 5.39. The number of benzene rings is 2. The van der Waals surface area contributed by atoms with Gasteiger partial charge in [0, 0.05) is 35.8 Å². The largest absolute Gasteiger partial charge is 0.550 e. The SMILES string of the molecule is O=C([O-])C[C@@H](NNC(=O)c1ccccc1)C(=O)Nc1ccc([N+](=O)[O-])cc1. The predicted molar refractivity (Wildman–Crippen MR) is 92.2 cm³/mol. The van der Waals surface area contributed by atoms with E-state index < -0.39 is 35.2 Å². The van der Waals surface area contributed by atoms with Gasteiger partial charge in [-0.15, -0.1) is 0 Å². The summed E-state index contributed by atoms with van der Waals surface area (Å²) in [6.45, 7) is 0. The molecule has 2 aromatic rings. The third-order valence-corrected chi connectivity index (χ3v) is 3.43. The summed E-state index contributed by atoms with van der Waals surface area (Å²) in [5, 5.41) is 23.9. The molecule has 0 spiro atoms. The molecule has 3 N–H and O–H groups in total. The van der Waals surface area contributed by atoms with Crippen LogP contribution in [0.2, 0.25) is 0 Å². The van der Waals surface area contributed by atoms with Crippen molar-refractivity contribution in [3.05, 3.63) is 70.3 Å². The molecule has 140 valence electrons. The maximum absolute atomic E-state index is 12.3. The minimum absolute atomic E-state index is 0.160. The van der Waals surface area contributed by atoms with Gasteiger partial charge in [0.05, 0.1) is 4.92 Å². The molecule has 0 heterocycles. The number of nitrogens with zero attached hydrogens (tertiary/aromatic N) is 1. The number of nitro groups is 1. The van der Waals surface area contributed by atoms with Crippen molar-refractivity contribution in [2.75, 3.05) is 5.32 Å². The van der Waals surface area contributed by atoms with E-state index in [4.69, 9.17) is 0 Å². The van der Waals surface area contributed by atoms with Gasteiger partial charge >= 0.3 is 0 Å². The van der Waals surface area contributed by atoms with E-state index in [1.807, 2.05) is 0 Å². The number of carboxylic acids is 1. The highest BCUT2D eigenvalue weighted by Crippen LogP contribution is 2.15. The predicted octanol–water partition coefficient (Wildman–Crippen LogP) is -0.0235. The Balaban J connectivity index is 2.01. The molecule has 0 aliphatic heterocycles. The summed E-state index contributed by atoms with van der Waals surface area (Å²) in [6.07, 6.45) is -0.701. The fraction of sp³-hybridized carbons (Fsp3) is 0.118. The summed E-state index contributed by atoms with van der Waals surface area (Å²) >= 11 is 0. The minimum atomic E-state index is -1.50. The summed E-state index contributed by atoms with van der Waals surface area (Å²) in [5.74, 6) is -2.82. The van der Waals surface area contributed by atoms with Crippen LogP contribution in [-0.2, 0) is 9.59 Å². The summed E-state index contributed by atoms with van der Waals surface area (Å²) in [7, 11) is 0. The molecule has 2 aromatic carbocycles. The maximum atomic E-state index is 12.3. The molecule has 0 saturated heterocycles. The first-order chi connectivity index (χ1) is 12.9. The third kappa shape index (κ3) is 5.90. The standard InChI is InChI=1S/C17H16N4O6/c22-15(23)10-14(19-20-16(24)11-4-2-1-3-5-11)17(25)18-12-6-8-13(9-7-12)21(26)27/h1-9,14,19H,10H2,(H,18,25)(H,20,24)(H,22,23)/p-1/t14-/m1/s1. The first kappa shape index (κ1) is 19.5. The van der Waals surface area contributed by atoms with Crippen LogP contribution in [0, 0.1) is 10.1 Å². The zero-order chi connectivity index (χ0) is 19.8. The van der Waals surface area contributed by atoms with Crippen LogP contribution >= 0.6 is 0 Å². The van der Waals surface area contributed by atoms with Crippen LogP contribution in [0.3, 0.4) is 0 Å². The Morgan fingerprint density at radius 3 is 2.19 bits per heavy atom. The van der Waals surface area contributed by atoms with Crippen molar-refractivity contribution in [2.24, 2.45) is 0 Å². The minimum Gasteiger partial charge on any atom is -0.550 e. The van der Waals surface area contributed by atoms with E-state index in [-0.39, 0.29) is 11.4 Å². The number of carbonyl (C=O) groups excluding carboxylic acids is 3. The summed E-state index contributed by atoms with van der Waals surface area (Å²) in [6, 6.07) is 11.8. The zero-order valence-corrected chi connectivity index (χ0v) is 13.9. The molecule has 10 heteroatoms. The Labute approximate surface area is 153 Å². The van der Waals surface area contributed by atoms with E-state index in [0.29, 0.717) is 5.56 Å². The van der Waals surface area contributed by atoms with Crippen molar-refractivity contribution in [3.63, 3.8) is 0 Å². The topological polar surface area (TPSA) is 154 Å². The molecular formula is C17H15N4O6-. The number of hydrogen-bond donors (Lipinski definition) is 3. The van der Waals surface area contributed by atoms with Crippen LogP contribution < -0.4 is 21.3 Å². The lowest BCUT2D eigenvalue weighted by Crippen LogP contribution is -2.52. The number of hydrazine groups is 1. The molecule has 0 aliphatic carbocycles. The first-order valence-electron chi connectivity index (χ1n) is 7.73. The molecule has 1 atom stereocenters. The van der Waals surface area contributed by atoms with E-state index in [2.05, 4.69) is 16.2 Å². The smallest absolute Gasteiger partial charge is 0.269 e. The average Bonchev–Trinajstić information content (AvgIpc) is 2.65. The lowest BCUT2D eigenvalue weighted by molar-refractivity contribution is -0.384. The Morgan fingerprint density at radius 2 is 1.63 bits per heavy atom. The average molecular weight is 371 g/mol. The van der Waals surface area contributed by atoms with Gasteiger partial charge in [-0.2, -0.15) is 0 Å². The summed E-state index contributed by atoms with van der Waals surface area (Å²) in [5.41, 5.74) is 5.00. The van der Waals surface area contributed by atoms with Crippen molar-refractivity contribution >= 4 is 29.2 Å². The highest BCUT2D eigenvalue weighted by Gasteiger charge is 2.20. The molecule has 2 rings (SSSR count). The van der Waals surface area contributed by atoms with Crippen molar-refractivity contribution in [3.8, 4) is 0 Å². The summed E-state index contributed by atoms with van der Waals surface area (Å²) < 4.78 is 0. The van der Waals surface area contributed by atoms with Gasteiger partial charge in [0.15, 0.2) is 0 Å². The molecule has 0 fully saturated rings. The van der Waals surface area contributed by atoms with E-state index in [0.717, 1.165) is 0 Å². The van der Waals surface area contributed by atoms with Crippen molar-refractivity contribution < 1.29 is 24.4 Å². The molecule has 10 nitrogen and oxygen atoms in total. The van der Waals surface area contributed by atoms with E-state index in [1.54, 1.807) is 30.3 Å². The molecule has 0 saturated carbocycles. The van der Waals surface area contributed by atoms with Crippen LogP contribution in [0.1, 0.15) is 16.8 Å². The number of nitrogens with one attached hydrogen (secondary N) is 3. The van der Waals surface area contributed by atoms with Crippen LogP contribution in [0.25, 0.3) is 0 Å². The van der Waals surface area contributed by atoms with Gasteiger partial charge in [-0.3, -0.25) is 25.1 Å². The van der Waals surface area contributed by atoms with Crippen molar-refractivity contribution in [1.82, 2.24) is 10.9 Å². The number of anilines is 1. The first-order valence-corrected chi connectivity index (χ1v) is 7.73. The highest BCUT2D eigenvalue weighted by molar-refractivity contribution is 5.98. The van der Waals surface area contributed by atoms with Crippen LogP contribution in [0.4, 0.5) is 11.4 Å². The van der Waals surface area contributed by atoms with Crippen molar-refractivity contribution in [1.29, 1.82) is 0 Å². The Hall–Kier alpha value is -3.79. The quantitative estimate of drug-likeness (QED) is 0.435. The number of non-ortho nitro benzene ring substituents is 1. The molecule has 27 heavy (non-hydrogen) atoms. The van der Waals surface area contributed by atoms with Crippen LogP contribution in [0.5, 0.6) is 0 Å². The second kappa shape index (κ2) is 9.06. The molecule has 0 aromatic heterocycles. The molecule has 0 radical (unpaired) electrons. The zero-order valence-electron chi connectivity index (χ0n) is 13.9. The number of aliphatic carboxylic acids is 1. The van der Waals surface area contributed by atoms with Gasteiger partial charge in [-0.1, -0.05) is 18.2 Å². The molecule has 0 bridgehead atoms. The van der Waals surface area contributed by atoms with Crippen LogP contribution in [0.15, 0.2) is 54.6 Å². The number of rotatable bonds is 8. The molecule has 2 amide bonds. The lowest BCUT2D eigenvalue weighted by Gasteiger charge is -2.19. The van der Waals surface area contributed by atoms with Gasteiger partial charge in [0.25, 0.3) is 11.6 Å². The molecular weight excluding hydrogens is 356 g/mol. The number of carbonyl (C=O) groups is 3. The second-order valence-electron chi connectivity index (χ2n) is 5.39. The number of nitro benzene ring substituents is 1. The lowest BCUT2D eigenvalue weighted by atomic mass is 10.2. The fourth-order valence-electron chi connectivity index (χ4n) is 2.09. The van der Waals surface area contributed by atoms with Gasteiger partial charge in [-0.05, 0) is 24.3 Å². The fourth-order valence-corrected chi connectivity index (χ4v) is 2.09. The number of amides is 2. The van der Waals surface area contributed by atoms with Gasteiger partial charge in [0.2, 0.25) is 5.91 Å². The number of carboxylic acid groups (broad SMARTS) is 1. The van der Waals surface area contributed by atoms with E-state index in [1.165, 1.54) is 24.3 Å². The van der Waals surface area contributed by atoms with E-state index >= 15 is 0 Å². The van der Waals surface area contributed by atoms with E-state index in [9.17, 15) is 29.6 Å². The highest BCUT2D eigenvalue weighted by atomic mass is 16.6. The normalized spacial score (nSPS) is 11.3. The van der Waals surface area contributed by atoms with Gasteiger partial charge in [0.1, 0.15) is 6.04 Å². The van der Waals surface area contributed by atoms with Gasteiger partial charge in [-0.25, -0.2) is 5.43 Å². The Bertz CT molecular complexity index is 838. The third-order valence-electron chi connectivity index (χ3n) is 3.43. The van der Waals surface area contributed by atoms with Crippen LogP contribution in [-0.4, -0.2) is 28.7 Å². The van der Waals surface area contributed by atoms with Gasteiger partial charge < -0.3 is 15.2 Å². The molecule has 0 aliphatic rings.